The predicted octanol–water partition coefficient (Wildman–Crippen LogP) is 2.64. The summed E-state index contributed by atoms with van der Waals surface area (Å²) in [5.41, 5.74) is 0.582. The van der Waals surface area contributed by atoms with Gasteiger partial charge < -0.3 is 4.74 Å². The first-order valence-electron chi connectivity index (χ1n) is 3.16. The van der Waals surface area contributed by atoms with Crippen LogP contribution in [0, 0.1) is 6.92 Å². The average Bonchev–Trinajstić information content (AvgIpc) is 1.96. The van der Waals surface area contributed by atoms with E-state index in [2.05, 4.69) is 9.72 Å². The Morgan fingerprint density at radius 3 is 2.75 bits per heavy atom. The second kappa shape index (κ2) is 3.67. The number of nitrogens with zero attached hydrogens (tertiary/aromatic N) is 1. The summed E-state index contributed by atoms with van der Waals surface area (Å²) in [6, 6.07) is 1.30. The number of aryl methyl sites for hydroxylation is 1. The molecule has 0 saturated carbocycles. The van der Waals surface area contributed by atoms with Crippen molar-refractivity contribution in [2.24, 2.45) is 0 Å². The molecular formula is C7H6ClF2NO. The van der Waals surface area contributed by atoms with Crippen molar-refractivity contribution in [3.8, 4) is 5.75 Å². The topological polar surface area (TPSA) is 22.1 Å². The number of halogens is 3. The van der Waals surface area contributed by atoms with Gasteiger partial charge in [0.15, 0.2) is 0 Å². The third-order valence-corrected chi connectivity index (χ3v) is 1.61. The van der Waals surface area contributed by atoms with Gasteiger partial charge in [0.1, 0.15) is 5.75 Å². The van der Waals surface area contributed by atoms with E-state index >= 15 is 0 Å². The van der Waals surface area contributed by atoms with Gasteiger partial charge in [-0.25, -0.2) is 0 Å². The van der Waals surface area contributed by atoms with Gasteiger partial charge in [0.05, 0.1) is 16.9 Å². The molecule has 1 heterocycles. The fraction of sp³-hybridized carbons (Fsp3) is 0.286. The van der Waals surface area contributed by atoms with E-state index in [0.717, 1.165) is 0 Å². The van der Waals surface area contributed by atoms with E-state index in [1.165, 1.54) is 12.3 Å². The number of hydrogen-bond acceptors (Lipinski definition) is 2. The smallest absolute Gasteiger partial charge is 0.387 e. The van der Waals surface area contributed by atoms with Crippen LogP contribution in [0.15, 0.2) is 12.3 Å². The number of pyridine rings is 1. The normalized spacial score (nSPS) is 10.4. The standard InChI is InChI=1S/C7H6ClF2NO/c1-4-6(8)2-5(3-11-4)12-7(9)10/h2-3,7H,1H3. The van der Waals surface area contributed by atoms with Crippen molar-refractivity contribution in [1.82, 2.24) is 4.98 Å². The van der Waals surface area contributed by atoms with Gasteiger partial charge in [-0.3, -0.25) is 4.98 Å². The van der Waals surface area contributed by atoms with E-state index in [9.17, 15) is 8.78 Å². The summed E-state index contributed by atoms with van der Waals surface area (Å²) >= 11 is 5.61. The van der Waals surface area contributed by atoms with E-state index in [-0.39, 0.29) is 5.75 Å². The monoisotopic (exact) mass is 193 g/mol. The summed E-state index contributed by atoms with van der Waals surface area (Å²) in [6.07, 6.45) is 1.20. The van der Waals surface area contributed by atoms with Gasteiger partial charge in [-0.05, 0) is 6.92 Å². The summed E-state index contributed by atoms with van der Waals surface area (Å²) in [4.78, 5) is 3.74. The maximum absolute atomic E-state index is 11.7. The quantitative estimate of drug-likeness (QED) is 0.721. The summed E-state index contributed by atoms with van der Waals surface area (Å²) in [6.45, 7) is -1.17. The van der Waals surface area contributed by atoms with Crippen LogP contribution in [-0.4, -0.2) is 11.6 Å². The van der Waals surface area contributed by atoms with Crippen molar-refractivity contribution < 1.29 is 13.5 Å². The van der Waals surface area contributed by atoms with Crippen molar-refractivity contribution >= 4 is 11.6 Å². The van der Waals surface area contributed by atoms with Gasteiger partial charge in [-0.1, -0.05) is 11.6 Å². The van der Waals surface area contributed by atoms with Crippen LogP contribution in [0.5, 0.6) is 5.75 Å². The molecule has 0 fully saturated rings. The number of hydrogen-bond donors (Lipinski definition) is 0. The molecule has 1 aromatic heterocycles. The molecule has 0 atom stereocenters. The summed E-state index contributed by atoms with van der Waals surface area (Å²) in [5.74, 6) is -0.0272. The lowest BCUT2D eigenvalue weighted by atomic mass is 10.4. The lowest BCUT2D eigenvalue weighted by molar-refractivity contribution is -0.0500. The fourth-order valence-electron chi connectivity index (χ4n) is 0.656. The highest BCUT2D eigenvalue weighted by Gasteiger charge is 2.05. The van der Waals surface area contributed by atoms with Crippen molar-refractivity contribution in [1.29, 1.82) is 0 Å². The lowest BCUT2D eigenvalue weighted by Gasteiger charge is -2.04. The van der Waals surface area contributed by atoms with Gasteiger partial charge in [0.2, 0.25) is 0 Å². The van der Waals surface area contributed by atoms with Crippen molar-refractivity contribution in [2.75, 3.05) is 0 Å². The van der Waals surface area contributed by atoms with Gasteiger partial charge in [-0.2, -0.15) is 8.78 Å². The number of ether oxygens (including phenoxy) is 1. The predicted molar refractivity (Wildman–Crippen MR) is 40.6 cm³/mol. The van der Waals surface area contributed by atoms with Crippen LogP contribution in [0.3, 0.4) is 0 Å². The summed E-state index contributed by atoms with van der Waals surface area (Å²) in [5, 5.41) is 0.313. The van der Waals surface area contributed by atoms with E-state index in [4.69, 9.17) is 11.6 Å². The molecule has 0 spiro atoms. The first-order valence-corrected chi connectivity index (χ1v) is 3.54. The molecule has 12 heavy (non-hydrogen) atoms. The molecular weight excluding hydrogens is 188 g/mol. The van der Waals surface area contributed by atoms with Crippen LogP contribution < -0.4 is 4.74 Å². The summed E-state index contributed by atoms with van der Waals surface area (Å²) in [7, 11) is 0. The minimum absolute atomic E-state index is 0.0272. The molecule has 0 aliphatic rings. The molecule has 0 amide bonds. The molecule has 1 aromatic rings. The van der Waals surface area contributed by atoms with E-state index in [1.54, 1.807) is 6.92 Å². The molecule has 66 valence electrons. The van der Waals surface area contributed by atoms with E-state index in [0.29, 0.717) is 10.7 Å². The molecule has 2 nitrogen and oxygen atoms in total. The van der Waals surface area contributed by atoms with Crippen LogP contribution >= 0.6 is 11.6 Å². The zero-order chi connectivity index (χ0) is 9.14. The van der Waals surface area contributed by atoms with Gasteiger partial charge in [0.25, 0.3) is 0 Å². The highest BCUT2D eigenvalue weighted by molar-refractivity contribution is 6.31. The molecule has 1 rings (SSSR count). The highest BCUT2D eigenvalue weighted by Crippen LogP contribution is 2.20. The largest absolute Gasteiger partial charge is 0.433 e. The zero-order valence-corrected chi connectivity index (χ0v) is 6.98. The average molecular weight is 194 g/mol. The summed E-state index contributed by atoms with van der Waals surface area (Å²) < 4.78 is 27.4. The zero-order valence-electron chi connectivity index (χ0n) is 6.22. The molecule has 0 aliphatic carbocycles. The Bertz CT molecular complexity index is 280. The molecule has 5 heteroatoms. The van der Waals surface area contributed by atoms with Gasteiger partial charge >= 0.3 is 6.61 Å². The molecule has 0 aromatic carbocycles. The number of aromatic nitrogens is 1. The Morgan fingerprint density at radius 2 is 2.25 bits per heavy atom. The highest BCUT2D eigenvalue weighted by atomic mass is 35.5. The third-order valence-electron chi connectivity index (χ3n) is 1.23. The Hall–Kier alpha value is -0.900. The van der Waals surface area contributed by atoms with Crippen LogP contribution in [0.4, 0.5) is 8.78 Å². The molecule has 0 radical (unpaired) electrons. The van der Waals surface area contributed by atoms with Gasteiger partial charge in [-0.15, -0.1) is 0 Å². The SMILES string of the molecule is Cc1ncc(OC(F)F)cc1Cl. The molecule has 0 unspecified atom stereocenters. The second-order valence-corrected chi connectivity index (χ2v) is 2.52. The first kappa shape index (κ1) is 9.19. The van der Waals surface area contributed by atoms with Crippen molar-refractivity contribution in [3.05, 3.63) is 23.0 Å². The first-order chi connectivity index (χ1) is 5.59. The minimum Gasteiger partial charge on any atom is -0.433 e. The van der Waals surface area contributed by atoms with Crippen LogP contribution in [0.2, 0.25) is 5.02 Å². The van der Waals surface area contributed by atoms with E-state index < -0.39 is 6.61 Å². The molecule has 0 N–H and O–H groups in total. The van der Waals surface area contributed by atoms with Crippen molar-refractivity contribution in [2.45, 2.75) is 13.5 Å². The molecule has 0 aliphatic heterocycles. The van der Waals surface area contributed by atoms with E-state index in [1.807, 2.05) is 0 Å². The third kappa shape index (κ3) is 2.30. The van der Waals surface area contributed by atoms with Crippen LogP contribution in [0.25, 0.3) is 0 Å². The lowest BCUT2D eigenvalue weighted by Crippen LogP contribution is -2.02. The maximum Gasteiger partial charge on any atom is 0.387 e. The van der Waals surface area contributed by atoms with Crippen LogP contribution in [0.1, 0.15) is 5.69 Å². The maximum atomic E-state index is 11.7. The second-order valence-electron chi connectivity index (χ2n) is 2.12. The van der Waals surface area contributed by atoms with Gasteiger partial charge in [0, 0.05) is 6.07 Å². The number of alkyl halides is 2. The molecule has 0 bridgehead atoms. The molecule has 0 saturated heterocycles. The Labute approximate surface area is 73.1 Å². The Kier molecular flexibility index (Phi) is 2.81. The Balaban J connectivity index is 2.82. The van der Waals surface area contributed by atoms with Crippen LogP contribution in [-0.2, 0) is 0 Å². The minimum atomic E-state index is -2.84. The fourth-order valence-corrected chi connectivity index (χ4v) is 0.812. The Morgan fingerprint density at radius 1 is 1.58 bits per heavy atom. The number of rotatable bonds is 2. The van der Waals surface area contributed by atoms with Crippen molar-refractivity contribution in [3.63, 3.8) is 0 Å².